The summed E-state index contributed by atoms with van der Waals surface area (Å²) in [5.41, 5.74) is 0. The lowest BCUT2D eigenvalue weighted by atomic mass is 10.8. The highest BCUT2D eigenvalue weighted by Gasteiger charge is 1.82. The molecule has 0 heterocycles. The van der Waals surface area contributed by atoms with Gasteiger partial charge >= 0.3 is 6.09 Å². The molecule has 0 bridgehead atoms. The number of carboxylic acid groups (broad SMARTS) is 1. The zero-order valence-corrected chi connectivity index (χ0v) is 6.54. The molecule has 0 aromatic heterocycles. The Hall–Kier alpha value is -1.45. The Morgan fingerprint density at radius 1 is 1.64 bits per heavy atom. The van der Waals surface area contributed by atoms with Crippen LogP contribution in [0.25, 0.3) is 0 Å². The molecule has 0 radical (unpaired) electrons. The monoisotopic (exact) mass is 159 g/mol. The van der Waals surface area contributed by atoms with Gasteiger partial charge in [-0.15, -0.1) is 0 Å². The van der Waals surface area contributed by atoms with Crippen LogP contribution in [-0.2, 0) is 4.74 Å². The van der Waals surface area contributed by atoms with Crippen LogP contribution in [0.15, 0.2) is 25.7 Å². The Balaban J connectivity index is 0. The first-order chi connectivity index (χ1) is 5.18. The Morgan fingerprint density at radius 3 is 2.09 bits per heavy atom. The molecule has 0 unspecified atom stereocenters. The Bertz CT molecular complexity index is 117. The van der Waals surface area contributed by atoms with Gasteiger partial charge in [-0.05, 0) is 6.92 Å². The highest BCUT2D eigenvalue weighted by molar-refractivity contribution is 5.64. The number of ether oxygens (including phenoxy) is 1. The molecule has 0 aromatic rings. The van der Waals surface area contributed by atoms with E-state index >= 15 is 0 Å². The van der Waals surface area contributed by atoms with Crippen molar-refractivity contribution in [1.82, 2.24) is 5.32 Å². The molecule has 2 N–H and O–H groups in total. The SMILES string of the molecule is C=COC=C.CCNC(=O)O. The van der Waals surface area contributed by atoms with Crippen molar-refractivity contribution in [3.63, 3.8) is 0 Å². The van der Waals surface area contributed by atoms with Gasteiger partial charge in [-0.2, -0.15) is 0 Å². The highest BCUT2D eigenvalue weighted by Crippen LogP contribution is 1.65. The molecule has 1 amide bonds. The summed E-state index contributed by atoms with van der Waals surface area (Å²) in [6.07, 6.45) is 1.66. The maximum atomic E-state index is 9.49. The number of rotatable bonds is 3. The lowest BCUT2D eigenvalue weighted by Gasteiger charge is -1.87. The summed E-state index contributed by atoms with van der Waals surface area (Å²) >= 11 is 0. The Labute approximate surface area is 66.2 Å². The van der Waals surface area contributed by atoms with Crippen molar-refractivity contribution in [2.45, 2.75) is 6.92 Å². The maximum Gasteiger partial charge on any atom is 0.404 e. The van der Waals surface area contributed by atoms with Gasteiger partial charge in [0.05, 0.1) is 12.5 Å². The van der Waals surface area contributed by atoms with Crippen LogP contribution in [0.2, 0.25) is 0 Å². The molecule has 0 spiro atoms. The molecule has 4 nitrogen and oxygen atoms in total. The number of nitrogens with one attached hydrogen (secondary N) is 1. The van der Waals surface area contributed by atoms with Gasteiger partial charge in [-0.25, -0.2) is 4.79 Å². The largest absolute Gasteiger partial charge is 0.474 e. The Kier molecular flexibility index (Phi) is 12.6. The zero-order chi connectivity index (χ0) is 9.11. The summed E-state index contributed by atoms with van der Waals surface area (Å²) in [5, 5.41) is 9.93. The molecule has 0 rings (SSSR count). The quantitative estimate of drug-likeness (QED) is 0.614. The van der Waals surface area contributed by atoms with Crippen LogP contribution in [0.1, 0.15) is 6.92 Å². The molecule has 0 fully saturated rings. The fourth-order valence-electron chi connectivity index (χ4n) is 0.219. The third kappa shape index (κ3) is 29.1. The fraction of sp³-hybridized carbons (Fsp3) is 0.286. The summed E-state index contributed by atoms with van der Waals surface area (Å²) < 4.78 is 4.36. The van der Waals surface area contributed by atoms with Crippen molar-refractivity contribution in [2.75, 3.05) is 6.54 Å². The molecule has 64 valence electrons. The fourth-order valence-corrected chi connectivity index (χ4v) is 0.219. The minimum absolute atomic E-state index is 0.481. The molecule has 0 saturated carbocycles. The molecule has 0 aliphatic heterocycles. The first-order valence-electron chi connectivity index (χ1n) is 3.03. The van der Waals surface area contributed by atoms with E-state index < -0.39 is 6.09 Å². The minimum Gasteiger partial charge on any atom is -0.474 e. The maximum absolute atomic E-state index is 9.49. The average molecular weight is 159 g/mol. The van der Waals surface area contributed by atoms with Gasteiger partial charge in [0.15, 0.2) is 0 Å². The number of hydrogen-bond donors (Lipinski definition) is 2. The molecule has 4 heteroatoms. The van der Waals surface area contributed by atoms with Crippen molar-refractivity contribution in [1.29, 1.82) is 0 Å². The number of carbonyl (C=O) groups is 1. The zero-order valence-electron chi connectivity index (χ0n) is 6.54. The second-order valence-corrected chi connectivity index (χ2v) is 1.30. The summed E-state index contributed by atoms with van der Waals surface area (Å²) in [5.74, 6) is 0. The van der Waals surface area contributed by atoms with Crippen LogP contribution in [0.3, 0.4) is 0 Å². The highest BCUT2D eigenvalue weighted by atomic mass is 16.5. The average Bonchev–Trinajstić information content (AvgIpc) is 1.90. The summed E-state index contributed by atoms with van der Waals surface area (Å²) in [6, 6.07) is 0. The van der Waals surface area contributed by atoms with Crippen LogP contribution < -0.4 is 5.32 Å². The normalized spacial score (nSPS) is 6.64. The van der Waals surface area contributed by atoms with Gasteiger partial charge < -0.3 is 15.2 Å². The number of amides is 1. The smallest absolute Gasteiger partial charge is 0.404 e. The van der Waals surface area contributed by atoms with Crippen LogP contribution in [0, 0.1) is 0 Å². The van der Waals surface area contributed by atoms with E-state index in [2.05, 4.69) is 23.2 Å². The topological polar surface area (TPSA) is 58.6 Å². The molecule has 0 saturated heterocycles. The summed E-state index contributed by atoms with van der Waals surface area (Å²) in [4.78, 5) is 9.49. The van der Waals surface area contributed by atoms with E-state index in [1.807, 2.05) is 0 Å². The van der Waals surface area contributed by atoms with Crippen molar-refractivity contribution >= 4 is 6.09 Å². The third-order valence-electron chi connectivity index (χ3n) is 0.520. The van der Waals surface area contributed by atoms with Gasteiger partial charge in [0.25, 0.3) is 0 Å². The van der Waals surface area contributed by atoms with E-state index in [4.69, 9.17) is 5.11 Å². The predicted molar refractivity (Wildman–Crippen MR) is 43.2 cm³/mol. The summed E-state index contributed by atoms with van der Waals surface area (Å²) in [7, 11) is 0. The first-order valence-corrected chi connectivity index (χ1v) is 3.03. The van der Waals surface area contributed by atoms with Crippen molar-refractivity contribution in [3.05, 3.63) is 25.7 Å². The predicted octanol–water partition coefficient (Wildman–Crippen LogP) is 1.56. The van der Waals surface area contributed by atoms with Crippen LogP contribution >= 0.6 is 0 Å². The van der Waals surface area contributed by atoms with E-state index in [-0.39, 0.29) is 0 Å². The van der Waals surface area contributed by atoms with E-state index in [0.717, 1.165) is 0 Å². The van der Waals surface area contributed by atoms with Crippen LogP contribution in [0.4, 0.5) is 4.79 Å². The standard InChI is InChI=1S/C4H6O.C3H7NO2/c1-3-5-4-2;1-2-4-3(5)6/h3-4H,1-2H2;4H,2H2,1H3,(H,5,6). The van der Waals surface area contributed by atoms with Crippen LogP contribution in [-0.4, -0.2) is 17.7 Å². The molecule has 0 atom stereocenters. The van der Waals surface area contributed by atoms with Gasteiger partial charge in [0.2, 0.25) is 0 Å². The van der Waals surface area contributed by atoms with Crippen molar-refractivity contribution < 1.29 is 14.6 Å². The molecular formula is C7H13NO3. The van der Waals surface area contributed by atoms with E-state index in [1.54, 1.807) is 6.92 Å². The van der Waals surface area contributed by atoms with Crippen molar-refractivity contribution in [3.8, 4) is 0 Å². The van der Waals surface area contributed by atoms with Crippen molar-refractivity contribution in [2.24, 2.45) is 0 Å². The molecule has 0 aromatic carbocycles. The van der Waals surface area contributed by atoms with Gasteiger partial charge in [-0.1, -0.05) is 13.2 Å². The van der Waals surface area contributed by atoms with E-state index in [0.29, 0.717) is 6.54 Å². The molecule has 0 aliphatic carbocycles. The Morgan fingerprint density at radius 2 is 2.09 bits per heavy atom. The van der Waals surface area contributed by atoms with Crippen LogP contribution in [0.5, 0.6) is 0 Å². The number of hydrogen-bond acceptors (Lipinski definition) is 2. The lowest BCUT2D eigenvalue weighted by Crippen LogP contribution is -2.19. The second-order valence-electron chi connectivity index (χ2n) is 1.30. The van der Waals surface area contributed by atoms with Gasteiger partial charge in [0.1, 0.15) is 0 Å². The molecule has 11 heavy (non-hydrogen) atoms. The van der Waals surface area contributed by atoms with Gasteiger partial charge in [0, 0.05) is 6.54 Å². The molecular weight excluding hydrogens is 146 g/mol. The van der Waals surface area contributed by atoms with E-state index in [9.17, 15) is 4.79 Å². The molecule has 0 aliphatic rings. The van der Waals surface area contributed by atoms with E-state index in [1.165, 1.54) is 12.5 Å². The summed E-state index contributed by atoms with van der Waals surface area (Å²) in [6.45, 7) is 8.73. The lowest BCUT2D eigenvalue weighted by molar-refractivity contribution is 0.195. The minimum atomic E-state index is -0.961. The second kappa shape index (κ2) is 11.4. The van der Waals surface area contributed by atoms with Gasteiger partial charge in [-0.3, -0.25) is 0 Å². The first kappa shape index (κ1) is 12.2. The third-order valence-corrected chi connectivity index (χ3v) is 0.520.